The number of hydrogen-bond donors (Lipinski definition) is 0. The maximum absolute atomic E-state index is 13.1. The van der Waals surface area contributed by atoms with Gasteiger partial charge in [0.15, 0.2) is 0 Å². The molecule has 3 rings (SSSR count). The maximum atomic E-state index is 13.1. The number of halogens is 2. The number of amides is 1. The molecule has 166 valence electrons. The van der Waals surface area contributed by atoms with E-state index in [2.05, 4.69) is 0 Å². The highest BCUT2D eigenvalue weighted by molar-refractivity contribution is 7.89. The van der Waals surface area contributed by atoms with Crippen LogP contribution in [0.2, 0.25) is 10.0 Å². The van der Waals surface area contributed by atoms with Crippen molar-refractivity contribution in [2.75, 3.05) is 32.8 Å². The minimum atomic E-state index is -3.85. The Labute approximate surface area is 187 Å². The Balaban J connectivity index is 1.65. The molecule has 0 bridgehead atoms. The molecule has 0 radical (unpaired) electrons. The van der Waals surface area contributed by atoms with Gasteiger partial charge in [-0.15, -0.1) is 0 Å². The zero-order valence-electron chi connectivity index (χ0n) is 16.9. The molecule has 2 saturated heterocycles. The number of hydrogen-bond acceptors (Lipinski definition) is 5. The van der Waals surface area contributed by atoms with Gasteiger partial charge in [0.05, 0.1) is 23.5 Å². The van der Waals surface area contributed by atoms with Crippen molar-refractivity contribution in [3.05, 3.63) is 28.2 Å². The lowest BCUT2D eigenvalue weighted by molar-refractivity contribution is -0.152. The number of carbonyl (C=O) groups excluding carboxylic acids is 2. The highest BCUT2D eigenvalue weighted by Gasteiger charge is 2.37. The molecule has 2 aliphatic heterocycles. The van der Waals surface area contributed by atoms with Gasteiger partial charge in [0.2, 0.25) is 15.9 Å². The Morgan fingerprint density at radius 2 is 1.80 bits per heavy atom. The fourth-order valence-corrected chi connectivity index (χ4v) is 6.29. The molecule has 30 heavy (non-hydrogen) atoms. The predicted octanol–water partition coefficient (Wildman–Crippen LogP) is 3.20. The van der Waals surface area contributed by atoms with E-state index in [9.17, 15) is 18.0 Å². The predicted molar refractivity (Wildman–Crippen MR) is 114 cm³/mol. The number of rotatable bonds is 5. The molecule has 10 heteroatoms. The van der Waals surface area contributed by atoms with Crippen molar-refractivity contribution in [2.45, 2.75) is 37.5 Å². The zero-order chi connectivity index (χ0) is 21.9. The summed E-state index contributed by atoms with van der Waals surface area (Å²) in [7, 11) is -3.85. The van der Waals surface area contributed by atoms with E-state index in [0.717, 1.165) is 0 Å². The first kappa shape index (κ1) is 23.3. The number of sulfonamides is 1. The van der Waals surface area contributed by atoms with Crippen LogP contribution >= 0.6 is 23.2 Å². The van der Waals surface area contributed by atoms with Gasteiger partial charge >= 0.3 is 5.97 Å². The van der Waals surface area contributed by atoms with Crippen LogP contribution in [0.3, 0.4) is 0 Å². The molecule has 0 spiro atoms. The molecule has 2 heterocycles. The molecule has 1 aromatic carbocycles. The van der Waals surface area contributed by atoms with Crippen LogP contribution in [0.4, 0.5) is 0 Å². The average Bonchev–Trinajstić information content (AvgIpc) is 2.75. The van der Waals surface area contributed by atoms with Crippen LogP contribution in [-0.4, -0.2) is 62.3 Å². The van der Waals surface area contributed by atoms with E-state index in [1.54, 1.807) is 11.8 Å². The lowest BCUT2D eigenvalue weighted by atomic mass is 9.93. The van der Waals surface area contributed by atoms with Crippen molar-refractivity contribution >= 4 is 45.1 Å². The van der Waals surface area contributed by atoms with E-state index in [-0.39, 0.29) is 39.3 Å². The summed E-state index contributed by atoms with van der Waals surface area (Å²) in [5, 5.41) is 0.390. The number of carbonyl (C=O) groups is 2. The second-order valence-electron chi connectivity index (χ2n) is 7.63. The number of nitrogens with zero attached hydrogens (tertiary/aromatic N) is 2. The van der Waals surface area contributed by atoms with Crippen LogP contribution in [-0.2, 0) is 24.3 Å². The molecule has 2 fully saturated rings. The Bertz CT molecular complexity index is 900. The molecule has 0 aromatic heterocycles. The summed E-state index contributed by atoms with van der Waals surface area (Å²) >= 11 is 12.1. The van der Waals surface area contributed by atoms with Gasteiger partial charge < -0.3 is 9.64 Å². The molecule has 1 aromatic rings. The normalized spacial score (nSPS) is 21.4. The highest BCUT2D eigenvalue weighted by Crippen LogP contribution is 2.31. The fraction of sp³-hybridized carbons (Fsp3) is 0.600. The molecule has 1 atom stereocenters. The van der Waals surface area contributed by atoms with Crippen LogP contribution in [0.25, 0.3) is 0 Å². The number of benzene rings is 1. The van der Waals surface area contributed by atoms with Crippen LogP contribution in [0.15, 0.2) is 23.1 Å². The summed E-state index contributed by atoms with van der Waals surface area (Å²) in [4.78, 5) is 26.6. The third kappa shape index (κ3) is 5.10. The van der Waals surface area contributed by atoms with E-state index in [0.29, 0.717) is 51.9 Å². The van der Waals surface area contributed by atoms with Gasteiger partial charge in [-0.25, -0.2) is 8.42 Å². The SMILES string of the molecule is CCOC(=O)C1CCN(C(=O)[C@@H]2CCCN(S(=O)(=O)c3cc(Cl)ccc3Cl)C2)CC1. The molecule has 1 amide bonds. The Hall–Kier alpha value is -1.35. The molecular weight excluding hydrogens is 451 g/mol. The van der Waals surface area contributed by atoms with Gasteiger partial charge in [-0.05, 0) is 50.8 Å². The standard InChI is InChI=1S/C20H26Cl2N2O5S/c1-2-29-20(26)14-7-10-23(11-8-14)19(25)15-4-3-9-24(13-15)30(27,28)18-12-16(21)5-6-17(18)22/h5-6,12,14-15H,2-4,7-11,13H2,1H3/t15-/m1/s1. The van der Waals surface area contributed by atoms with E-state index >= 15 is 0 Å². The molecule has 2 aliphatic rings. The van der Waals surface area contributed by atoms with E-state index in [1.807, 2.05) is 0 Å². The number of likely N-dealkylation sites (tertiary alicyclic amines) is 1. The second-order valence-corrected chi connectivity index (χ2v) is 10.4. The molecular formula is C20H26Cl2N2O5S. The average molecular weight is 477 g/mol. The molecule has 0 N–H and O–H groups in total. The summed E-state index contributed by atoms with van der Waals surface area (Å²) in [6.07, 6.45) is 2.36. The Kier molecular flexibility index (Phi) is 7.66. The first-order valence-electron chi connectivity index (χ1n) is 10.1. The Morgan fingerprint density at radius 1 is 1.10 bits per heavy atom. The number of ether oxygens (including phenoxy) is 1. The molecule has 0 saturated carbocycles. The van der Waals surface area contributed by atoms with Crippen molar-refractivity contribution in [3.63, 3.8) is 0 Å². The quantitative estimate of drug-likeness (QED) is 0.609. The van der Waals surface area contributed by atoms with Gasteiger partial charge in [0.1, 0.15) is 4.90 Å². The van der Waals surface area contributed by atoms with Crippen molar-refractivity contribution in [1.29, 1.82) is 0 Å². The topological polar surface area (TPSA) is 84.0 Å². The second kappa shape index (κ2) is 9.85. The van der Waals surface area contributed by atoms with Crippen LogP contribution in [0.1, 0.15) is 32.6 Å². The third-order valence-electron chi connectivity index (χ3n) is 5.67. The van der Waals surface area contributed by atoms with Gasteiger partial charge in [0.25, 0.3) is 0 Å². The zero-order valence-corrected chi connectivity index (χ0v) is 19.2. The fourth-order valence-electron chi connectivity index (χ4n) is 4.03. The summed E-state index contributed by atoms with van der Waals surface area (Å²) in [6.45, 7) is 3.52. The van der Waals surface area contributed by atoms with Gasteiger partial charge in [-0.3, -0.25) is 9.59 Å². The maximum Gasteiger partial charge on any atom is 0.309 e. The van der Waals surface area contributed by atoms with Crippen LogP contribution in [0, 0.1) is 11.8 Å². The van der Waals surface area contributed by atoms with Crippen LogP contribution in [0.5, 0.6) is 0 Å². The van der Waals surface area contributed by atoms with Crippen molar-refractivity contribution in [1.82, 2.24) is 9.21 Å². The summed E-state index contributed by atoms with van der Waals surface area (Å²) < 4.78 is 32.6. The third-order valence-corrected chi connectivity index (χ3v) is 8.25. The Morgan fingerprint density at radius 3 is 2.47 bits per heavy atom. The van der Waals surface area contributed by atoms with Crippen molar-refractivity contribution in [2.24, 2.45) is 11.8 Å². The molecule has 0 aliphatic carbocycles. The first-order valence-corrected chi connectivity index (χ1v) is 12.3. The lowest BCUT2D eigenvalue weighted by Gasteiger charge is -2.37. The molecule has 7 nitrogen and oxygen atoms in total. The lowest BCUT2D eigenvalue weighted by Crippen LogP contribution is -2.49. The number of piperidine rings is 2. The van der Waals surface area contributed by atoms with Crippen molar-refractivity contribution < 1.29 is 22.7 Å². The molecule has 0 unspecified atom stereocenters. The van der Waals surface area contributed by atoms with E-state index < -0.39 is 15.9 Å². The van der Waals surface area contributed by atoms with E-state index in [4.69, 9.17) is 27.9 Å². The van der Waals surface area contributed by atoms with Gasteiger partial charge in [0, 0.05) is 31.2 Å². The summed E-state index contributed by atoms with van der Waals surface area (Å²) in [5.74, 6) is -0.861. The minimum Gasteiger partial charge on any atom is -0.466 e. The highest BCUT2D eigenvalue weighted by atomic mass is 35.5. The largest absolute Gasteiger partial charge is 0.466 e. The van der Waals surface area contributed by atoms with Gasteiger partial charge in [-0.2, -0.15) is 4.31 Å². The monoisotopic (exact) mass is 476 g/mol. The summed E-state index contributed by atoms with van der Waals surface area (Å²) in [6, 6.07) is 4.33. The van der Waals surface area contributed by atoms with E-state index in [1.165, 1.54) is 22.5 Å². The van der Waals surface area contributed by atoms with Crippen molar-refractivity contribution in [3.8, 4) is 0 Å². The summed E-state index contributed by atoms with van der Waals surface area (Å²) in [5.41, 5.74) is 0. The number of esters is 1. The van der Waals surface area contributed by atoms with Gasteiger partial charge in [-0.1, -0.05) is 23.2 Å². The van der Waals surface area contributed by atoms with Crippen LogP contribution < -0.4 is 0 Å². The smallest absolute Gasteiger partial charge is 0.309 e. The minimum absolute atomic E-state index is 0.0417. The first-order chi connectivity index (χ1) is 14.2.